The molecule has 0 spiro atoms. The lowest BCUT2D eigenvalue weighted by molar-refractivity contribution is 0.164. The highest BCUT2D eigenvalue weighted by Gasteiger charge is 2.43. The minimum Gasteiger partial charge on any atom is -0.302 e. The van der Waals surface area contributed by atoms with E-state index >= 15 is 0 Å². The fraction of sp³-hybridized carbons (Fsp3) is 0.750. The predicted molar refractivity (Wildman–Crippen MR) is 57.0 cm³/mol. The summed E-state index contributed by atoms with van der Waals surface area (Å²) in [6.45, 7) is 0. The smallest absolute Gasteiger partial charge is 0.267 e. The number of hydrogen-bond donors (Lipinski definition) is 2. The van der Waals surface area contributed by atoms with Crippen LogP contribution in [0.1, 0.15) is 55.2 Å². The minimum atomic E-state index is 0.156. The number of nitrogens with one attached hydrogen (secondary N) is 2. The highest BCUT2D eigenvalue weighted by Crippen LogP contribution is 2.54. The van der Waals surface area contributed by atoms with Gasteiger partial charge >= 0.3 is 0 Å². The molecule has 2 unspecified atom stereocenters. The lowest BCUT2D eigenvalue weighted by Gasteiger charge is -2.38. The Morgan fingerprint density at radius 2 is 1.53 bits per heavy atom. The molecular weight excluding hydrogens is 188 g/mol. The Morgan fingerprint density at radius 3 is 2.27 bits per heavy atom. The molecule has 0 saturated heterocycles. The first-order valence-corrected chi connectivity index (χ1v) is 6.11. The molecule has 4 aliphatic rings. The zero-order valence-electron chi connectivity index (χ0n) is 8.75. The molecule has 0 radical (unpaired) electrons. The summed E-state index contributed by atoms with van der Waals surface area (Å²) in [6.07, 6.45) is 6.58. The maximum absolute atomic E-state index is 11.8. The van der Waals surface area contributed by atoms with Gasteiger partial charge in [-0.3, -0.25) is 9.89 Å². The van der Waals surface area contributed by atoms with Gasteiger partial charge < -0.3 is 5.10 Å². The molecule has 4 bridgehead atoms. The Balaban J connectivity index is 1.95. The second kappa shape index (κ2) is 2.57. The van der Waals surface area contributed by atoms with Gasteiger partial charge in [0.2, 0.25) is 0 Å². The van der Waals surface area contributed by atoms with Gasteiger partial charge in [0.1, 0.15) is 0 Å². The summed E-state index contributed by atoms with van der Waals surface area (Å²) < 4.78 is 0. The van der Waals surface area contributed by atoms with Gasteiger partial charge in [-0.2, -0.15) is 0 Å². The second-order valence-electron chi connectivity index (χ2n) is 5.71. The number of rotatable bonds is 0. The Bertz CT molecular complexity index is 444. The van der Waals surface area contributed by atoms with Gasteiger partial charge in [-0.05, 0) is 49.9 Å². The van der Waals surface area contributed by atoms with E-state index in [1.165, 1.54) is 37.8 Å². The first-order valence-electron chi connectivity index (χ1n) is 6.11. The Kier molecular flexibility index (Phi) is 1.41. The molecule has 5 rings (SSSR count). The van der Waals surface area contributed by atoms with Gasteiger partial charge in [0.25, 0.3) is 5.56 Å². The molecule has 0 aromatic carbocycles. The van der Waals surface area contributed by atoms with Gasteiger partial charge in [0, 0.05) is 17.2 Å². The fourth-order valence-electron chi connectivity index (χ4n) is 4.43. The molecule has 0 amide bonds. The third kappa shape index (κ3) is 0.985. The van der Waals surface area contributed by atoms with Crippen molar-refractivity contribution in [1.29, 1.82) is 0 Å². The standard InChI is InChI=1S/C12H16N2O/c15-12-10-8-2-6-1-7(3-8)5-9(4-6)11(10)13-14-12/h6-9H,1-5H2,(H2,13,14,15). The Hall–Kier alpha value is -0.990. The number of hydrogen-bond acceptors (Lipinski definition) is 1. The maximum Gasteiger partial charge on any atom is 0.267 e. The van der Waals surface area contributed by atoms with Crippen molar-refractivity contribution in [3.63, 3.8) is 0 Å². The molecule has 15 heavy (non-hydrogen) atoms. The summed E-state index contributed by atoms with van der Waals surface area (Å²) in [7, 11) is 0. The third-order valence-electron chi connectivity index (χ3n) is 4.80. The molecule has 2 saturated carbocycles. The van der Waals surface area contributed by atoms with Crippen LogP contribution in [0.4, 0.5) is 0 Å². The SMILES string of the molecule is O=c1[nH][nH]c2c1C1CC3CC(CC2C3)C1. The van der Waals surface area contributed by atoms with E-state index in [1.807, 2.05) is 0 Å². The van der Waals surface area contributed by atoms with Crippen molar-refractivity contribution in [2.24, 2.45) is 11.8 Å². The lowest BCUT2D eigenvalue weighted by Crippen LogP contribution is -2.27. The molecule has 4 aliphatic carbocycles. The van der Waals surface area contributed by atoms with Crippen LogP contribution in [0.2, 0.25) is 0 Å². The maximum atomic E-state index is 11.8. The highest BCUT2D eigenvalue weighted by atomic mass is 16.1. The van der Waals surface area contributed by atoms with Gasteiger partial charge in [0.15, 0.2) is 0 Å². The van der Waals surface area contributed by atoms with Crippen molar-refractivity contribution >= 4 is 0 Å². The monoisotopic (exact) mass is 204 g/mol. The molecule has 3 heteroatoms. The first-order chi connectivity index (χ1) is 7.31. The van der Waals surface area contributed by atoms with Crippen molar-refractivity contribution in [3.8, 4) is 0 Å². The summed E-state index contributed by atoms with van der Waals surface area (Å²) in [4.78, 5) is 11.8. The van der Waals surface area contributed by atoms with E-state index in [0.29, 0.717) is 11.8 Å². The summed E-state index contributed by atoms with van der Waals surface area (Å²) in [5, 5.41) is 5.93. The first kappa shape index (κ1) is 8.20. The van der Waals surface area contributed by atoms with Crippen LogP contribution in [0.5, 0.6) is 0 Å². The summed E-state index contributed by atoms with van der Waals surface area (Å²) >= 11 is 0. The quantitative estimate of drug-likeness (QED) is 0.668. The van der Waals surface area contributed by atoms with Crippen LogP contribution in [-0.4, -0.2) is 10.2 Å². The lowest BCUT2D eigenvalue weighted by atomic mass is 9.67. The number of H-pyrrole nitrogens is 2. The molecular formula is C12H16N2O. The molecule has 1 heterocycles. The summed E-state index contributed by atoms with van der Waals surface area (Å²) in [5.41, 5.74) is 2.53. The molecule has 1 aromatic heterocycles. The Morgan fingerprint density at radius 1 is 0.867 bits per heavy atom. The van der Waals surface area contributed by atoms with Crippen molar-refractivity contribution in [1.82, 2.24) is 10.2 Å². The molecule has 0 aliphatic heterocycles. The van der Waals surface area contributed by atoms with Gasteiger partial charge in [-0.1, -0.05) is 0 Å². The van der Waals surface area contributed by atoms with Crippen molar-refractivity contribution in [3.05, 3.63) is 21.6 Å². The predicted octanol–water partition coefficient (Wildman–Crippen LogP) is 2.09. The number of aromatic amines is 2. The average Bonchev–Trinajstić information content (AvgIpc) is 2.50. The molecule has 2 atom stereocenters. The number of aromatic nitrogens is 2. The van der Waals surface area contributed by atoms with Gasteiger partial charge in [-0.15, -0.1) is 0 Å². The van der Waals surface area contributed by atoms with Crippen LogP contribution in [0.25, 0.3) is 0 Å². The summed E-state index contributed by atoms with van der Waals surface area (Å²) in [6, 6.07) is 0. The average molecular weight is 204 g/mol. The largest absolute Gasteiger partial charge is 0.302 e. The molecule has 2 fully saturated rings. The Labute approximate surface area is 88.3 Å². The van der Waals surface area contributed by atoms with Crippen LogP contribution < -0.4 is 5.56 Å². The van der Waals surface area contributed by atoms with E-state index in [2.05, 4.69) is 10.2 Å². The fourth-order valence-corrected chi connectivity index (χ4v) is 4.43. The zero-order valence-corrected chi connectivity index (χ0v) is 8.75. The van der Waals surface area contributed by atoms with E-state index in [4.69, 9.17) is 0 Å². The van der Waals surface area contributed by atoms with Crippen LogP contribution in [0.3, 0.4) is 0 Å². The van der Waals surface area contributed by atoms with E-state index in [0.717, 1.165) is 17.4 Å². The minimum absolute atomic E-state index is 0.156. The van der Waals surface area contributed by atoms with Crippen LogP contribution in [-0.2, 0) is 0 Å². The van der Waals surface area contributed by atoms with Crippen molar-refractivity contribution < 1.29 is 0 Å². The van der Waals surface area contributed by atoms with E-state index < -0.39 is 0 Å². The molecule has 80 valence electrons. The van der Waals surface area contributed by atoms with Gasteiger partial charge in [0.05, 0.1) is 0 Å². The topological polar surface area (TPSA) is 48.6 Å². The van der Waals surface area contributed by atoms with Crippen LogP contribution in [0.15, 0.2) is 4.79 Å². The second-order valence-corrected chi connectivity index (χ2v) is 5.71. The zero-order chi connectivity index (χ0) is 9.99. The van der Waals surface area contributed by atoms with E-state index in [1.54, 1.807) is 0 Å². The molecule has 3 nitrogen and oxygen atoms in total. The highest BCUT2D eigenvalue weighted by molar-refractivity contribution is 5.30. The third-order valence-corrected chi connectivity index (χ3v) is 4.80. The van der Waals surface area contributed by atoms with E-state index in [9.17, 15) is 4.79 Å². The van der Waals surface area contributed by atoms with Gasteiger partial charge in [-0.25, -0.2) is 0 Å². The van der Waals surface area contributed by atoms with Crippen molar-refractivity contribution in [2.45, 2.75) is 43.9 Å². The summed E-state index contributed by atoms with van der Waals surface area (Å²) in [5.74, 6) is 3.00. The normalized spacial score (nSPS) is 41.6. The van der Waals surface area contributed by atoms with Crippen LogP contribution in [0, 0.1) is 11.8 Å². The molecule has 1 aromatic rings. The molecule has 2 N–H and O–H groups in total. The van der Waals surface area contributed by atoms with E-state index in [-0.39, 0.29) is 5.56 Å². The van der Waals surface area contributed by atoms with Crippen molar-refractivity contribution in [2.75, 3.05) is 0 Å². The van der Waals surface area contributed by atoms with Crippen LogP contribution >= 0.6 is 0 Å².